The lowest BCUT2D eigenvalue weighted by atomic mass is 10.2. The second-order valence-electron chi connectivity index (χ2n) is 6.50. The molecule has 0 aliphatic carbocycles. The quantitative estimate of drug-likeness (QED) is 0.789. The minimum atomic E-state index is -0.504. The number of pyridine rings is 1. The number of amides is 1. The number of hydrogen-bond donors (Lipinski definition) is 0. The maximum absolute atomic E-state index is 13.3. The van der Waals surface area contributed by atoms with Gasteiger partial charge in [-0.25, -0.2) is 14.4 Å². The van der Waals surface area contributed by atoms with Gasteiger partial charge in [-0.1, -0.05) is 0 Å². The van der Waals surface area contributed by atoms with Crippen LogP contribution in [0.15, 0.2) is 30.9 Å². The lowest BCUT2D eigenvalue weighted by Crippen LogP contribution is -2.49. The van der Waals surface area contributed by atoms with E-state index in [1.54, 1.807) is 11.2 Å². The standard InChI is InChI=1S/C18H21FN6O2/c19-15-9-14(11-20-12-15)18(26)25-3-1-23(2-4-25)16-10-17(22-13-21-16)24-5-7-27-8-6-24/h9-13H,1-8H2. The van der Waals surface area contributed by atoms with Crippen LogP contribution in [0.2, 0.25) is 0 Å². The molecule has 4 rings (SSSR count). The van der Waals surface area contributed by atoms with E-state index >= 15 is 0 Å². The fourth-order valence-corrected chi connectivity index (χ4v) is 3.33. The molecule has 0 N–H and O–H groups in total. The van der Waals surface area contributed by atoms with Crippen molar-refractivity contribution in [3.63, 3.8) is 0 Å². The zero-order chi connectivity index (χ0) is 18.6. The van der Waals surface area contributed by atoms with Crippen molar-refractivity contribution in [2.24, 2.45) is 0 Å². The van der Waals surface area contributed by atoms with Crippen LogP contribution in [0.5, 0.6) is 0 Å². The average molecular weight is 372 g/mol. The Morgan fingerprint density at radius 1 is 0.926 bits per heavy atom. The van der Waals surface area contributed by atoms with Gasteiger partial charge in [0.1, 0.15) is 23.8 Å². The van der Waals surface area contributed by atoms with Gasteiger partial charge in [0.15, 0.2) is 0 Å². The second kappa shape index (κ2) is 7.83. The summed E-state index contributed by atoms with van der Waals surface area (Å²) in [5.74, 6) is 1.05. The van der Waals surface area contributed by atoms with Crippen molar-refractivity contribution in [2.45, 2.75) is 0 Å². The molecule has 2 aliphatic heterocycles. The monoisotopic (exact) mass is 372 g/mol. The topological polar surface area (TPSA) is 74.7 Å². The molecule has 4 heterocycles. The molecular formula is C18H21FN6O2. The molecule has 9 heteroatoms. The third-order valence-corrected chi connectivity index (χ3v) is 4.82. The van der Waals surface area contributed by atoms with Crippen LogP contribution in [0.4, 0.5) is 16.0 Å². The molecular weight excluding hydrogens is 351 g/mol. The van der Waals surface area contributed by atoms with Crippen molar-refractivity contribution in [1.29, 1.82) is 0 Å². The van der Waals surface area contributed by atoms with E-state index in [-0.39, 0.29) is 11.5 Å². The Morgan fingerprint density at radius 3 is 2.26 bits per heavy atom. The van der Waals surface area contributed by atoms with Gasteiger partial charge in [-0.05, 0) is 6.07 Å². The summed E-state index contributed by atoms with van der Waals surface area (Å²) in [6, 6.07) is 3.21. The van der Waals surface area contributed by atoms with Crippen molar-refractivity contribution < 1.29 is 13.9 Å². The third-order valence-electron chi connectivity index (χ3n) is 4.82. The second-order valence-corrected chi connectivity index (χ2v) is 6.50. The fourth-order valence-electron chi connectivity index (χ4n) is 3.33. The van der Waals surface area contributed by atoms with E-state index in [1.807, 2.05) is 6.07 Å². The molecule has 2 aromatic heterocycles. The van der Waals surface area contributed by atoms with Crippen molar-refractivity contribution >= 4 is 17.5 Å². The molecule has 0 spiro atoms. The molecule has 142 valence electrons. The molecule has 0 saturated carbocycles. The number of halogens is 1. The lowest BCUT2D eigenvalue weighted by Gasteiger charge is -2.36. The zero-order valence-electron chi connectivity index (χ0n) is 14.9. The minimum absolute atomic E-state index is 0.196. The van der Waals surface area contributed by atoms with Gasteiger partial charge in [0.25, 0.3) is 5.91 Å². The molecule has 0 atom stereocenters. The number of nitrogens with zero attached hydrogens (tertiary/aromatic N) is 6. The van der Waals surface area contributed by atoms with Gasteiger partial charge in [0, 0.05) is 51.5 Å². The van der Waals surface area contributed by atoms with E-state index in [2.05, 4.69) is 24.8 Å². The highest BCUT2D eigenvalue weighted by atomic mass is 19.1. The van der Waals surface area contributed by atoms with Crippen LogP contribution in [0, 0.1) is 5.82 Å². The molecule has 8 nitrogen and oxygen atoms in total. The van der Waals surface area contributed by atoms with Crippen molar-refractivity contribution in [2.75, 3.05) is 62.3 Å². The van der Waals surface area contributed by atoms with Crippen LogP contribution in [0.25, 0.3) is 0 Å². The first kappa shape index (κ1) is 17.6. The van der Waals surface area contributed by atoms with Gasteiger partial charge in [-0.3, -0.25) is 9.78 Å². The van der Waals surface area contributed by atoms with Gasteiger partial charge >= 0.3 is 0 Å². The van der Waals surface area contributed by atoms with Crippen molar-refractivity contribution in [1.82, 2.24) is 19.9 Å². The van der Waals surface area contributed by atoms with Crippen molar-refractivity contribution in [3.05, 3.63) is 42.2 Å². The molecule has 0 radical (unpaired) electrons. The number of anilines is 2. The Kier molecular flexibility index (Phi) is 5.10. The Balaban J connectivity index is 1.40. The first-order valence-corrected chi connectivity index (χ1v) is 9.00. The highest BCUT2D eigenvalue weighted by molar-refractivity contribution is 5.94. The SMILES string of the molecule is O=C(c1cncc(F)c1)N1CCN(c2cc(N3CCOCC3)ncn2)CC1. The number of ether oxygens (including phenoxy) is 1. The molecule has 0 bridgehead atoms. The number of carbonyl (C=O) groups is 1. The van der Waals surface area contributed by atoms with Gasteiger partial charge in [-0.2, -0.15) is 0 Å². The van der Waals surface area contributed by atoms with E-state index < -0.39 is 5.82 Å². The predicted molar refractivity (Wildman–Crippen MR) is 97.4 cm³/mol. The molecule has 1 amide bonds. The van der Waals surface area contributed by atoms with Crippen LogP contribution < -0.4 is 9.80 Å². The molecule has 0 unspecified atom stereocenters. The molecule has 2 aliphatic rings. The first-order chi connectivity index (χ1) is 13.2. The molecule has 2 fully saturated rings. The van der Waals surface area contributed by atoms with E-state index in [1.165, 1.54) is 12.3 Å². The first-order valence-electron chi connectivity index (χ1n) is 9.00. The maximum Gasteiger partial charge on any atom is 0.255 e. The summed E-state index contributed by atoms with van der Waals surface area (Å²) in [5, 5.41) is 0. The van der Waals surface area contributed by atoms with Crippen LogP contribution in [-0.2, 0) is 4.74 Å². The van der Waals surface area contributed by atoms with Crippen LogP contribution >= 0.6 is 0 Å². The molecule has 2 aromatic rings. The van der Waals surface area contributed by atoms with E-state index in [4.69, 9.17) is 4.74 Å². The van der Waals surface area contributed by atoms with E-state index in [0.29, 0.717) is 39.4 Å². The van der Waals surface area contributed by atoms with Gasteiger partial charge in [-0.15, -0.1) is 0 Å². The number of piperazine rings is 1. The van der Waals surface area contributed by atoms with Crippen LogP contribution in [0.3, 0.4) is 0 Å². The smallest absolute Gasteiger partial charge is 0.255 e. The minimum Gasteiger partial charge on any atom is -0.378 e. The van der Waals surface area contributed by atoms with Gasteiger partial charge in [0.05, 0.1) is 25.0 Å². The normalized spacial score (nSPS) is 17.9. The summed E-state index contributed by atoms with van der Waals surface area (Å²) in [6.07, 6.45) is 4.07. The van der Waals surface area contributed by atoms with Crippen LogP contribution in [0.1, 0.15) is 10.4 Å². The molecule has 0 aromatic carbocycles. The number of hydrogen-bond acceptors (Lipinski definition) is 7. The third kappa shape index (κ3) is 3.97. The van der Waals surface area contributed by atoms with Gasteiger partial charge in [0.2, 0.25) is 0 Å². The number of rotatable bonds is 3. The highest BCUT2D eigenvalue weighted by Gasteiger charge is 2.24. The Hall–Kier alpha value is -2.81. The summed E-state index contributed by atoms with van der Waals surface area (Å²) in [7, 11) is 0. The van der Waals surface area contributed by atoms with E-state index in [0.717, 1.165) is 30.9 Å². The molecule has 27 heavy (non-hydrogen) atoms. The fraction of sp³-hybridized carbons (Fsp3) is 0.444. The largest absolute Gasteiger partial charge is 0.378 e. The zero-order valence-corrected chi connectivity index (χ0v) is 14.9. The average Bonchev–Trinajstić information content (AvgIpc) is 2.74. The molecule has 2 saturated heterocycles. The highest BCUT2D eigenvalue weighted by Crippen LogP contribution is 2.20. The van der Waals surface area contributed by atoms with E-state index in [9.17, 15) is 9.18 Å². The predicted octanol–water partition coefficient (Wildman–Crippen LogP) is 0.810. The van der Waals surface area contributed by atoms with Gasteiger partial charge < -0.3 is 19.4 Å². The Labute approximate surface area is 156 Å². The Morgan fingerprint density at radius 2 is 1.59 bits per heavy atom. The summed E-state index contributed by atoms with van der Waals surface area (Å²) in [5.41, 5.74) is 0.278. The van der Waals surface area contributed by atoms with Crippen LogP contribution in [-0.4, -0.2) is 78.2 Å². The summed E-state index contributed by atoms with van der Waals surface area (Å²) >= 11 is 0. The summed E-state index contributed by atoms with van der Waals surface area (Å²) in [4.78, 5) is 31.1. The number of aromatic nitrogens is 3. The summed E-state index contributed by atoms with van der Waals surface area (Å²) < 4.78 is 18.7. The van der Waals surface area contributed by atoms with Crippen molar-refractivity contribution in [3.8, 4) is 0 Å². The Bertz CT molecular complexity index is 806. The lowest BCUT2D eigenvalue weighted by molar-refractivity contribution is 0.0745. The maximum atomic E-state index is 13.3. The number of carbonyl (C=O) groups excluding carboxylic acids is 1. The summed E-state index contributed by atoms with van der Waals surface area (Å²) in [6.45, 7) is 5.46. The number of morpholine rings is 1.